The molecule has 70 valence electrons. The molecular formula is C8H9CsN2O3. The van der Waals surface area contributed by atoms with Gasteiger partial charge in [-0.1, -0.05) is 0 Å². The number of hydrogen-bond acceptors (Lipinski definition) is 4. The first-order chi connectivity index (χ1) is 6.27. The molecule has 0 aromatic carbocycles. The van der Waals surface area contributed by atoms with Crippen molar-refractivity contribution in [2.24, 2.45) is 5.92 Å². The van der Waals surface area contributed by atoms with Crippen LogP contribution >= 0.6 is 0 Å². The second-order valence-corrected chi connectivity index (χ2v) is 3.09. The van der Waals surface area contributed by atoms with Crippen LogP contribution in [0.25, 0.3) is 0 Å². The van der Waals surface area contributed by atoms with Gasteiger partial charge in [0.25, 0.3) is 0 Å². The molecular weight excluding hydrogens is 305 g/mol. The molecule has 0 bridgehead atoms. The predicted octanol–water partition coefficient (Wildman–Crippen LogP) is -4.10. The summed E-state index contributed by atoms with van der Waals surface area (Å²) in [5.74, 6) is -0.796. The van der Waals surface area contributed by atoms with Gasteiger partial charge in [-0.05, 0) is 6.07 Å². The maximum atomic E-state index is 10.6. The average Bonchev–Trinajstić information content (AvgIpc) is 2.44. The van der Waals surface area contributed by atoms with Gasteiger partial charge in [0.15, 0.2) is 0 Å². The molecule has 1 aromatic heterocycles. The van der Waals surface area contributed by atoms with E-state index in [1.807, 2.05) is 0 Å². The van der Waals surface area contributed by atoms with Crippen molar-refractivity contribution in [3.05, 3.63) is 18.0 Å². The fraction of sp³-hybridized carbons (Fsp3) is 0.500. The second-order valence-electron chi connectivity index (χ2n) is 3.09. The molecule has 14 heavy (non-hydrogen) atoms. The quantitative estimate of drug-likeness (QED) is 0.569. The number of hydrogen-bond donors (Lipinski definition) is 0. The first-order valence-electron chi connectivity index (χ1n) is 4.08. The van der Waals surface area contributed by atoms with E-state index in [4.69, 9.17) is 4.74 Å². The number of nitrogens with zero attached hydrogens (tertiary/aromatic N) is 2. The van der Waals surface area contributed by atoms with Crippen LogP contribution in [-0.2, 0) is 11.3 Å². The monoisotopic (exact) mass is 314 g/mol. The van der Waals surface area contributed by atoms with E-state index in [1.54, 1.807) is 0 Å². The van der Waals surface area contributed by atoms with E-state index in [0.29, 0.717) is 25.7 Å². The van der Waals surface area contributed by atoms with E-state index in [1.165, 1.54) is 16.9 Å². The van der Waals surface area contributed by atoms with Crippen molar-refractivity contribution in [2.75, 3.05) is 13.2 Å². The van der Waals surface area contributed by atoms with E-state index in [9.17, 15) is 9.90 Å². The van der Waals surface area contributed by atoms with Crippen molar-refractivity contribution in [3.63, 3.8) is 0 Å². The van der Waals surface area contributed by atoms with Crippen LogP contribution < -0.4 is 74.0 Å². The zero-order valence-corrected chi connectivity index (χ0v) is 14.3. The standard InChI is InChI=1S/C8H10N2O3.Cs/c11-8(12)7-1-2-9-10(7)3-6-4-13-5-6;/h1-2,6H,3-5H2,(H,11,12);/q;+1/p-1. The van der Waals surface area contributed by atoms with Crippen molar-refractivity contribution in [1.29, 1.82) is 0 Å². The Kier molecular flexibility index (Phi) is 5.18. The number of carbonyl (C=O) groups excluding carboxylic acids is 1. The van der Waals surface area contributed by atoms with E-state index in [-0.39, 0.29) is 74.6 Å². The van der Waals surface area contributed by atoms with Crippen molar-refractivity contribution >= 4 is 5.97 Å². The Morgan fingerprint density at radius 2 is 2.43 bits per heavy atom. The van der Waals surface area contributed by atoms with Gasteiger partial charge in [-0.3, -0.25) is 4.68 Å². The maximum Gasteiger partial charge on any atom is 1.00 e. The molecule has 0 amide bonds. The van der Waals surface area contributed by atoms with Crippen LogP contribution in [0.1, 0.15) is 10.5 Å². The normalized spacial score (nSPS) is 15.7. The molecule has 0 aliphatic carbocycles. The van der Waals surface area contributed by atoms with E-state index in [0.717, 1.165) is 0 Å². The van der Waals surface area contributed by atoms with Gasteiger partial charge in [-0.15, -0.1) is 0 Å². The van der Waals surface area contributed by atoms with Crippen LogP contribution in [0, 0.1) is 5.92 Å². The van der Waals surface area contributed by atoms with Crippen molar-refractivity contribution < 1.29 is 83.5 Å². The molecule has 6 heteroatoms. The Bertz CT molecular complexity index is 322. The molecule has 1 aliphatic heterocycles. The van der Waals surface area contributed by atoms with Gasteiger partial charge < -0.3 is 14.6 Å². The fourth-order valence-corrected chi connectivity index (χ4v) is 1.29. The smallest absolute Gasteiger partial charge is 0.543 e. The molecule has 5 nitrogen and oxygen atoms in total. The van der Waals surface area contributed by atoms with Crippen molar-refractivity contribution in [2.45, 2.75) is 6.54 Å². The van der Waals surface area contributed by atoms with Gasteiger partial charge in [0, 0.05) is 18.7 Å². The Morgan fingerprint density at radius 3 is 2.93 bits per heavy atom. The summed E-state index contributed by atoms with van der Waals surface area (Å²) in [5.41, 5.74) is 0.131. The van der Waals surface area contributed by atoms with Crippen LogP contribution in [0.3, 0.4) is 0 Å². The summed E-state index contributed by atoms with van der Waals surface area (Å²) >= 11 is 0. The third-order valence-corrected chi connectivity index (χ3v) is 2.06. The van der Waals surface area contributed by atoms with Crippen LogP contribution in [0.4, 0.5) is 0 Å². The summed E-state index contributed by atoms with van der Waals surface area (Å²) in [4.78, 5) is 10.6. The first-order valence-corrected chi connectivity index (χ1v) is 4.08. The van der Waals surface area contributed by atoms with Crippen LogP contribution in [0.2, 0.25) is 0 Å². The minimum atomic E-state index is -1.18. The van der Waals surface area contributed by atoms with Gasteiger partial charge >= 0.3 is 68.9 Å². The van der Waals surface area contributed by atoms with Gasteiger partial charge in [0.05, 0.1) is 24.9 Å². The molecule has 0 radical (unpaired) electrons. The van der Waals surface area contributed by atoms with Crippen LogP contribution in [0.15, 0.2) is 12.3 Å². The molecule has 0 spiro atoms. The number of carbonyl (C=O) groups is 1. The predicted molar refractivity (Wildman–Crippen MR) is 40.9 cm³/mol. The largest absolute Gasteiger partial charge is 1.00 e. The van der Waals surface area contributed by atoms with Gasteiger partial charge in [-0.25, -0.2) is 0 Å². The van der Waals surface area contributed by atoms with Crippen LogP contribution in [0.5, 0.6) is 0 Å². The molecule has 0 saturated carbocycles. The number of carboxylic acid groups (broad SMARTS) is 1. The molecule has 1 fully saturated rings. The Balaban J connectivity index is 0.000000980. The molecule has 0 N–H and O–H groups in total. The van der Waals surface area contributed by atoms with E-state index >= 15 is 0 Å². The van der Waals surface area contributed by atoms with E-state index < -0.39 is 5.97 Å². The Labute approximate surface area is 140 Å². The molecule has 0 unspecified atom stereocenters. The van der Waals surface area contributed by atoms with Crippen molar-refractivity contribution in [1.82, 2.24) is 9.78 Å². The third-order valence-electron chi connectivity index (χ3n) is 2.06. The minimum Gasteiger partial charge on any atom is -0.543 e. The SMILES string of the molecule is O=C([O-])c1ccnn1CC1COC1.[Cs+]. The topological polar surface area (TPSA) is 67.2 Å². The summed E-state index contributed by atoms with van der Waals surface area (Å²) in [6.07, 6.45) is 1.46. The first kappa shape index (κ1) is 12.8. The molecule has 1 aliphatic rings. The summed E-state index contributed by atoms with van der Waals surface area (Å²) in [5, 5.41) is 14.5. The third kappa shape index (κ3) is 2.85. The molecule has 0 atom stereocenters. The fourth-order valence-electron chi connectivity index (χ4n) is 1.29. The van der Waals surface area contributed by atoms with Gasteiger partial charge in [-0.2, -0.15) is 5.10 Å². The summed E-state index contributed by atoms with van der Waals surface area (Å²) in [6.45, 7) is 1.97. The number of rotatable bonds is 3. The molecule has 1 saturated heterocycles. The van der Waals surface area contributed by atoms with Gasteiger partial charge in [0.1, 0.15) is 0 Å². The van der Waals surface area contributed by atoms with Gasteiger partial charge in [0.2, 0.25) is 0 Å². The number of aromatic nitrogens is 2. The summed E-state index contributed by atoms with van der Waals surface area (Å²) in [7, 11) is 0. The van der Waals surface area contributed by atoms with E-state index in [2.05, 4.69) is 5.10 Å². The maximum absolute atomic E-state index is 10.6. The van der Waals surface area contributed by atoms with Crippen LogP contribution in [-0.4, -0.2) is 29.0 Å². The summed E-state index contributed by atoms with van der Waals surface area (Å²) < 4.78 is 6.43. The zero-order valence-electron chi connectivity index (χ0n) is 7.97. The molecule has 2 rings (SSSR count). The summed E-state index contributed by atoms with van der Waals surface area (Å²) in [6, 6.07) is 1.44. The second kappa shape index (κ2) is 5.69. The zero-order chi connectivity index (χ0) is 9.26. The molecule has 2 heterocycles. The number of carboxylic acids is 1. The Hall–Kier alpha value is 0.692. The minimum absolute atomic E-state index is 0. The molecule has 1 aromatic rings. The van der Waals surface area contributed by atoms with Crippen molar-refractivity contribution in [3.8, 4) is 0 Å². The number of aromatic carboxylic acids is 1. The average molecular weight is 314 g/mol. The number of ether oxygens (including phenoxy) is 1. The Morgan fingerprint density at radius 1 is 1.71 bits per heavy atom.